The molecule has 0 spiro atoms. The van der Waals surface area contributed by atoms with E-state index < -0.39 is 0 Å². The van der Waals surface area contributed by atoms with Crippen molar-refractivity contribution in [1.29, 1.82) is 0 Å². The Balaban J connectivity index is 2.41. The number of carbonyl (C=O) groups is 1. The Morgan fingerprint density at radius 2 is 2.44 bits per heavy atom. The summed E-state index contributed by atoms with van der Waals surface area (Å²) in [6, 6.07) is -0.367. The Bertz CT molecular complexity index is 343. The van der Waals surface area contributed by atoms with Gasteiger partial charge in [0.25, 0.3) is 0 Å². The number of nitrogens with zero attached hydrogens (tertiary/aromatic N) is 2. The third kappa shape index (κ3) is 4.96. The van der Waals surface area contributed by atoms with E-state index in [-0.39, 0.29) is 11.9 Å². The topological polar surface area (TPSA) is 59.2 Å². The Morgan fingerprint density at radius 1 is 1.67 bits per heavy atom. The number of hydrogen-bond donors (Lipinski definition) is 1. The van der Waals surface area contributed by atoms with Gasteiger partial charge in [-0.3, -0.25) is 4.79 Å². The molecule has 0 radical (unpaired) electrons. The molecule has 0 bridgehead atoms. The minimum Gasteiger partial charge on any atom is -0.341 e. The summed E-state index contributed by atoms with van der Waals surface area (Å²) in [6.45, 7) is 3.40. The molecule has 102 valence electrons. The van der Waals surface area contributed by atoms with E-state index in [9.17, 15) is 4.79 Å². The summed E-state index contributed by atoms with van der Waals surface area (Å²) >= 11 is 3.34. The lowest BCUT2D eigenvalue weighted by Gasteiger charge is -2.23. The van der Waals surface area contributed by atoms with E-state index in [0.717, 1.165) is 23.6 Å². The van der Waals surface area contributed by atoms with Gasteiger partial charge >= 0.3 is 0 Å². The second kappa shape index (κ2) is 8.50. The predicted octanol–water partition coefficient (Wildman–Crippen LogP) is 1.61. The highest BCUT2D eigenvalue weighted by Crippen LogP contribution is 2.07. The van der Waals surface area contributed by atoms with Crippen LogP contribution in [0.2, 0.25) is 0 Å². The van der Waals surface area contributed by atoms with E-state index in [0.29, 0.717) is 13.1 Å². The van der Waals surface area contributed by atoms with Crippen LogP contribution >= 0.6 is 23.1 Å². The zero-order valence-electron chi connectivity index (χ0n) is 11.0. The van der Waals surface area contributed by atoms with E-state index in [1.54, 1.807) is 29.3 Å². The zero-order chi connectivity index (χ0) is 13.4. The zero-order valence-corrected chi connectivity index (χ0v) is 12.6. The fourth-order valence-electron chi connectivity index (χ4n) is 1.63. The summed E-state index contributed by atoms with van der Waals surface area (Å²) in [5, 5.41) is 3.02. The van der Waals surface area contributed by atoms with Crippen LogP contribution in [-0.2, 0) is 11.2 Å². The van der Waals surface area contributed by atoms with Crippen molar-refractivity contribution in [3.8, 4) is 0 Å². The average Bonchev–Trinajstić information content (AvgIpc) is 2.89. The quantitative estimate of drug-likeness (QED) is 0.789. The smallest absolute Gasteiger partial charge is 0.239 e. The van der Waals surface area contributed by atoms with Crippen molar-refractivity contribution in [3.63, 3.8) is 0 Å². The molecule has 0 aliphatic heterocycles. The monoisotopic (exact) mass is 287 g/mol. The first-order chi connectivity index (χ1) is 8.69. The van der Waals surface area contributed by atoms with Gasteiger partial charge in [-0.2, -0.15) is 11.8 Å². The Kier molecular flexibility index (Phi) is 7.31. The summed E-state index contributed by atoms with van der Waals surface area (Å²) in [5.74, 6) is 0.986. The van der Waals surface area contributed by atoms with Gasteiger partial charge in [0.1, 0.15) is 0 Å². The second-order valence-corrected chi connectivity index (χ2v) is 5.95. The van der Waals surface area contributed by atoms with Crippen LogP contribution in [0, 0.1) is 0 Å². The van der Waals surface area contributed by atoms with Crippen molar-refractivity contribution in [2.24, 2.45) is 5.73 Å². The molecule has 0 aromatic carbocycles. The summed E-state index contributed by atoms with van der Waals surface area (Å²) < 4.78 is 0. The van der Waals surface area contributed by atoms with Crippen molar-refractivity contribution in [2.75, 3.05) is 25.1 Å². The van der Waals surface area contributed by atoms with E-state index >= 15 is 0 Å². The number of hydrogen-bond acceptors (Lipinski definition) is 5. The van der Waals surface area contributed by atoms with Crippen molar-refractivity contribution in [3.05, 3.63) is 16.6 Å². The van der Waals surface area contributed by atoms with Crippen LogP contribution in [-0.4, -0.2) is 46.9 Å². The molecule has 0 saturated carbocycles. The minimum atomic E-state index is -0.367. The van der Waals surface area contributed by atoms with E-state index in [1.165, 1.54) is 0 Å². The lowest BCUT2D eigenvalue weighted by atomic mass is 10.2. The maximum atomic E-state index is 12.1. The molecule has 1 aromatic rings. The van der Waals surface area contributed by atoms with Gasteiger partial charge in [-0.1, -0.05) is 0 Å². The molecule has 1 amide bonds. The second-order valence-electron chi connectivity index (χ2n) is 3.98. The fraction of sp³-hybridized carbons (Fsp3) is 0.667. The average molecular weight is 287 g/mol. The highest BCUT2D eigenvalue weighted by molar-refractivity contribution is 7.98. The number of thiazole rings is 1. The molecule has 18 heavy (non-hydrogen) atoms. The first-order valence-electron chi connectivity index (χ1n) is 6.10. The summed E-state index contributed by atoms with van der Waals surface area (Å²) in [4.78, 5) is 18.2. The van der Waals surface area contributed by atoms with Crippen molar-refractivity contribution in [2.45, 2.75) is 25.8 Å². The normalized spacial score (nSPS) is 12.4. The molecule has 1 heterocycles. The molecule has 6 heteroatoms. The number of aromatic nitrogens is 1. The number of thioether (sulfide) groups is 1. The van der Waals surface area contributed by atoms with Crippen molar-refractivity contribution in [1.82, 2.24) is 9.88 Å². The molecule has 0 fully saturated rings. The number of rotatable bonds is 8. The van der Waals surface area contributed by atoms with Gasteiger partial charge in [-0.25, -0.2) is 4.98 Å². The minimum absolute atomic E-state index is 0.0584. The maximum absolute atomic E-state index is 12.1. The fourth-order valence-corrected chi connectivity index (χ4v) is 2.73. The molecule has 1 aromatic heterocycles. The molecule has 0 aliphatic carbocycles. The molecule has 1 unspecified atom stereocenters. The number of likely N-dealkylation sites (N-methyl/N-ethyl adjacent to an activating group) is 1. The van der Waals surface area contributed by atoms with Crippen LogP contribution in [0.5, 0.6) is 0 Å². The maximum Gasteiger partial charge on any atom is 0.239 e. The lowest BCUT2D eigenvalue weighted by Crippen LogP contribution is -2.44. The Labute approximate surface area is 117 Å². The summed E-state index contributed by atoms with van der Waals surface area (Å²) in [7, 11) is 0. The van der Waals surface area contributed by atoms with Crippen LogP contribution in [0.3, 0.4) is 0 Å². The third-order valence-corrected chi connectivity index (χ3v) is 4.21. The highest BCUT2D eigenvalue weighted by Gasteiger charge is 2.19. The highest BCUT2D eigenvalue weighted by atomic mass is 32.2. The molecule has 4 nitrogen and oxygen atoms in total. The third-order valence-electron chi connectivity index (χ3n) is 2.72. The van der Waals surface area contributed by atoms with E-state index in [2.05, 4.69) is 4.98 Å². The first-order valence-corrected chi connectivity index (χ1v) is 8.38. The van der Waals surface area contributed by atoms with Gasteiger partial charge in [0.05, 0.1) is 11.0 Å². The number of carbonyl (C=O) groups excluding carboxylic acids is 1. The van der Waals surface area contributed by atoms with Crippen molar-refractivity contribution < 1.29 is 4.79 Å². The largest absolute Gasteiger partial charge is 0.341 e. The van der Waals surface area contributed by atoms with Crippen molar-refractivity contribution >= 4 is 29.0 Å². The van der Waals surface area contributed by atoms with Gasteiger partial charge in [-0.15, -0.1) is 11.3 Å². The van der Waals surface area contributed by atoms with Gasteiger partial charge in [0.2, 0.25) is 5.91 Å². The Morgan fingerprint density at radius 3 is 3.00 bits per heavy atom. The standard InChI is InChI=1S/C12H21N3OS2/c1-3-15(7-4-11-14-6-9-18-11)12(16)10(13)5-8-17-2/h6,9-10H,3-5,7-8,13H2,1-2H3. The molecular formula is C12H21N3OS2. The molecule has 2 N–H and O–H groups in total. The van der Waals surface area contributed by atoms with Gasteiger partial charge < -0.3 is 10.6 Å². The molecule has 1 atom stereocenters. The summed E-state index contributed by atoms with van der Waals surface area (Å²) in [6.07, 6.45) is 5.37. The van der Waals surface area contributed by atoms with Crippen LogP contribution < -0.4 is 5.73 Å². The first kappa shape index (κ1) is 15.5. The lowest BCUT2D eigenvalue weighted by molar-refractivity contribution is -0.132. The van der Waals surface area contributed by atoms with Crippen LogP contribution in [0.4, 0.5) is 0 Å². The van der Waals surface area contributed by atoms with Gasteiger partial charge in [0, 0.05) is 31.1 Å². The number of nitrogens with two attached hydrogens (primary N) is 1. The van der Waals surface area contributed by atoms with Gasteiger partial charge in [0.15, 0.2) is 0 Å². The van der Waals surface area contributed by atoms with Gasteiger partial charge in [-0.05, 0) is 25.4 Å². The predicted molar refractivity (Wildman–Crippen MR) is 79.0 cm³/mol. The van der Waals surface area contributed by atoms with Crippen LogP contribution in [0.15, 0.2) is 11.6 Å². The molecular weight excluding hydrogens is 266 g/mol. The molecule has 0 saturated heterocycles. The van der Waals surface area contributed by atoms with E-state index in [1.807, 2.05) is 23.5 Å². The van der Waals surface area contributed by atoms with E-state index in [4.69, 9.17) is 5.73 Å². The summed E-state index contributed by atoms with van der Waals surface area (Å²) in [5.41, 5.74) is 5.91. The Hall–Kier alpha value is -0.590. The molecule has 0 aliphatic rings. The van der Waals surface area contributed by atoms with Crippen LogP contribution in [0.1, 0.15) is 18.4 Å². The van der Waals surface area contributed by atoms with Crippen LogP contribution in [0.25, 0.3) is 0 Å². The SMILES string of the molecule is CCN(CCc1nccs1)C(=O)C(N)CCSC. The number of amides is 1. The molecule has 1 rings (SSSR count).